The van der Waals surface area contributed by atoms with Crippen LogP contribution in [-0.4, -0.2) is 39.9 Å². The molecule has 5 heteroatoms. The molecule has 114 valence electrons. The first kappa shape index (κ1) is 14.3. The molecule has 5 nitrogen and oxygen atoms in total. The lowest BCUT2D eigenvalue weighted by molar-refractivity contribution is -0.132. The predicted molar refractivity (Wildman–Crippen MR) is 81.8 cm³/mol. The second-order valence-corrected chi connectivity index (χ2v) is 6.09. The topological polar surface area (TPSA) is 58.1 Å². The standard InChI is InChI=1S/C16H24N4O/c21-15(8-11-19-16-17-9-4-10-18-16)20-12-3-7-14(20)13-5-1-2-6-13/h4,9-10,13-14H,1-3,5-8,11-12H2,(H,17,18,19). The van der Waals surface area contributed by atoms with E-state index in [0.29, 0.717) is 25.0 Å². The van der Waals surface area contributed by atoms with Gasteiger partial charge in [-0.25, -0.2) is 9.97 Å². The first-order valence-electron chi connectivity index (χ1n) is 8.15. The molecule has 1 aliphatic carbocycles. The Bertz CT molecular complexity index is 459. The second kappa shape index (κ2) is 6.87. The predicted octanol–water partition coefficient (Wildman–Crippen LogP) is 2.46. The lowest BCUT2D eigenvalue weighted by atomic mass is 9.96. The molecule has 1 aromatic heterocycles. The molecular weight excluding hydrogens is 264 g/mol. The molecule has 2 fully saturated rings. The third-order valence-electron chi connectivity index (χ3n) is 4.75. The van der Waals surface area contributed by atoms with E-state index in [9.17, 15) is 4.79 Å². The normalized spacial score (nSPS) is 22.7. The van der Waals surface area contributed by atoms with Gasteiger partial charge in [-0.2, -0.15) is 0 Å². The van der Waals surface area contributed by atoms with Crippen LogP contribution in [0, 0.1) is 5.92 Å². The zero-order chi connectivity index (χ0) is 14.5. The number of carbonyl (C=O) groups excluding carboxylic acids is 1. The number of nitrogens with zero attached hydrogens (tertiary/aromatic N) is 3. The molecule has 1 aliphatic heterocycles. The summed E-state index contributed by atoms with van der Waals surface area (Å²) < 4.78 is 0. The number of hydrogen-bond acceptors (Lipinski definition) is 4. The van der Waals surface area contributed by atoms with Crippen LogP contribution < -0.4 is 5.32 Å². The SMILES string of the molecule is O=C(CCNc1ncccn1)N1CCCC1C1CCCC1. The zero-order valence-corrected chi connectivity index (χ0v) is 12.5. The van der Waals surface area contributed by atoms with Crippen molar-refractivity contribution in [2.24, 2.45) is 5.92 Å². The van der Waals surface area contributed by atoms with Crippen molar-refractivity contribution in [3.63, 3.8) is 0 Å². The smallest absolute Gasteiger partial charge is 0.224 e. The summed E-state index contributed by atoms with van der Waals surface area (Å²) in [5.41, 5.74) is 0. The highest BCUT2D eigenvalue weighted by atomic mass is 16.2. The average Bonchev–Trinajstić information content (AvgIpc) is 3.19. The van der Waals surface area contributed by atoms with Gasteiger partial charge in [0.25, 0.3) is 0 Å². The van der Waals surface area contributed by atoms with Gasteiger partial charge in [0.05, 0.1) is 0 Å². The Morgan fingerprint density at radius 1 is 1.19 bits per heavy atom. The van der Waals surface area contributed by atoms with E-state index in [1.165, 1.54) is 38.5 Å². The van der Waals surface area contributed by atoms with Crippen molar-refractivity contribution in [2.75, 3.05) is 18.4 Å². The number of aromatic nitrogens is 2. The third kappa shape index (κ3) is 3.52. The van der Waals surface area contributed by atoms with Crippen molar-refractivity contribution in [2.45, 2.75) is 51.0 Å². The Balaban J connectivity index is 1.48. The molecule has 1 saturated heterocycles. The Morgan fingerprint density at radius 2 is 1.95 bits per heavy atom. The zero-order valence-electron chi connectivity index (χ0n) is 12.5. The highest BCUT2D eigenvalue weighted by molar-refractivity contribution is 5.77. The number of amides is 1. The van der Waals surface area contributed by atoms with Gasteiger partial charge in [0.1, 0.15) is 0 Å². The van der Waals surface area contributed by atoms with Gasteiger partial charge in [0, 0.05) is 37.9 Å². The summed E-state index contributed by atoms with van der Waals surface area (Å²) in [4.78, 5) is 22.8. The molecule has 0 aromatic carbocycles. The Morgan fingerprint density at radius 3 is 2.71 bits per heavy atom. The fourth-order valence-corrected chi connectivity index (χ4v) is 3.75. The molecule has 2 aliphatic rings. The van der Waals surface area contributed by atoms with Crippen LogP contribution in [0.25, 0.3) is 0 Å². The molecule has 0 spiro atoms. The number of carbonyl (C=O) groups is 1. The van der Waals surface area contributed by atoms with E-state index in [-0.39, 0.29) is 5.91 Å². The molecule has 1 saturated carbocycles. The van der Waals surface area contributed by atoms with Crippen LogP contribution in [0.5, 0.6) is 0 Å². The quantitative estimate of drug-likeness (QED) is 0.904. The highest BCUT2D eigenvalue weighted by Gasteiger charge is 2.35. The van der Waals surface area contributed by atoms with E-state index in [4.69, 9.17) is 0 Å². The van der Waals surface area contributed by atoms with Gasteiger partial charge in [-0.05, 0) is 37.7 Å². The Labute approximate surface area is 126 Å². The number of rotatable bonds is 5. The molecule has 1 N–H and O–H groups in total. The molecule has 1 atom stereocenters. The molecular formula is C16H24N4O. The fraction of sp³-hybridized carbons (Fsp3) is 0.688. The maximum absolute atomic E-state index is 12.4. The minimum atomic E-state index is 0.285. The Hall–Kier alpha value is -1.65. The third-order valence-corrected chi connectivity index (χ3v) is 4.75. The minimum absolute atomic E-state index is 0.285. The average molecular weight is 288 g/mol. The summed E-state index contributed by atoms with van der Waals surface area (Å²) in [5.74, 6) is 1.63. The lowest BCUT2D eigenvalue weighted by Gasteiger charge is -2.29. The lowest BCUT2D eigenvalue weighted by Crippen LogP contribution is -2.40. The van der Waals surface area contributed by atoms with Crippen LogP contribution in [0.4, 0.5) is 5.95 Å². The summed E-state index contributed by atoms with van der Waals surface area (Å²) in [6, 6.07) is 2.29. The van der Waals surface area contributed by atoms with Gasteiger partial charge >= 0.3 is 0 Å². The van der Waals surface area contributed by atoms with Gasteiger partial charge in [-0.15, -0.1) is 0 Å². The summed E-state index contributed by atoms with van der Waals surface area (Å²) >= 11 is 0. The summed E-state index contributed by atoms with van der Waals surface area (Å²) in [5, 5.41) is 3.11. The van der Waals surface area contributed by atoms with Gasteiger partial charge in [0.15, 0.2) is 0 Å². The van der Waals surface area contributed by atoms with E-state index >= 15 is 0 Å². The summed E-state index contributed by atoms with van der Waals surface area (Å²) in [6.45, 7) is 1.55. The molecule has 3 rings (SSSR count). The van der Waals surface area contributed by atoms with Gasteiger partial charge in [0.2, 0.25) is 11.9 Å². The van der Waals surface area contributed by atoms with Crippen molar-refractivity contribution in [3.05, 3.63) is 18.5 Å². The van der Waals surface area contributed by atoms with Crippen LogP contribution in [0.1, 0.15) is 44.9 Å². The summed E-state index contributed by atoms with van der Waals surface area (Å²) in [7, 11) is 0. The fourth-order valence-electron chi connectivity index (χ4n) is 3.75. The van der Waals surface area contributed by atoms with Crippen molar-refractivity contribution < 1.29 is 4.79 Å². The molecule has 1 aromatic rings. The van der Waals surface area contributed by atoms with Crippen molar-refractivity contribution in [1.29, 1.82) is 0 Å². The van der Waals surface area contributed by atoms with Crippen LogP contribution in [0.3, 0.4) is 0 Å². The van der Waals surface area contributed by atoms with Gasteiger partial charge in [-0.1, -0.05) is 12.8 Å². The van der Waals surface area contributed by atoms with Crippen molar-refractivity contribution in [1.82, 2.24) is 14.9 Å². The monoisotopic (exact) mass is 288 g/mol. The van der Waals surface area contributed by atoms with E-state index in [0.717, 1.165) is 12.5 Å². The number of hydrogen-bond donors (Lipinski definition) is 1. The first-order chi connectivity index (χ1) is 10.3. The first-order valence-corrected chi connectivity index (χ1v) is 8.15. The van der Waals surface area contributed by atoms with Crippen LogP contribution in [0.15, 0.2) is 18.5 Å². The van der Waals surface area contributed by atoms with Gasteiger partial charge < -0.3 is 10.2 Å². The molecule has 0 radical (unpaired) electrons. The second-order valence-electron chi connectivity index (χ2n) is 6.09. The summed E-state index contributed by atoms with van der Waals surface area (Å²) in [6.07, 6.45) is 11.6. The molecule has 1 unspecified atom stereocenters. The highest BCUT2D eigenvalue weighted by Crippen LogP contribution is 2.35. The number of anilines is 1. The maximum atomic E-state index is 12.4. The maximum Gasteiger partial charge on any atom is 0.224 e. The van der Waals surface area contributed by atoms with Crippen LogP contribution in [-0.2, 0) is 4.79 Å². The number of nitrogens with one attached hydrogen (secondary N) is 1. The Kier molecular flexibility index (Phi) is 4.68. The van der Waals surface area contributed by atoms with Crippen molar-refractivity contribution >= 4 is 11.9 Å². The van der Waals surface area contributed by atoms with E-state index in [1.54, 1.807) is 18.5 Å². The van der Waals surface area contributed by atoms with Crippen LogP contribution >= 0.6 is 0 Å². The number of likely N-dealkylation sites (tertiary alicyclic amines) is 1. The van der Waals surface area contributed by atoms with Crippen LogP contribution in [0.2, 0.25) is 0 Å². The molecule has 1 amide bonds. The minimum Gasteiger partial charge on any atom is -0.354 e. The molecule has 0 bridgehead atoms. The van der Waals surface area contributed by atoms with E-state index < -0.39 is 0 Å². The van der Waals surface area contributed by atoms with E-state index in [2.05, 4.69) is 20.2 Å². The molecule has 2 heterocycles. The molecule has 21 heavy (non-hydrogen) atoms. The van der Waals surface area contributed by atoms with Gasteiger partial charge in [-0.3, -0.25) is 4.79 Å². The largest absolute Gasteiger partial charge is 0.354 e. The van der Waals surface area contributed by atoms with Crippen molar-refractivity contribution in [3.8, 4) is 0 Å². The van der Waals surface area contributed by atoms with E-state index in [1.807, 2.05) is 0 Å².